The highest BCUT2D eigenvalue weighted by Gasteiger charge is 2.25. The van der Waals surface area contributed by atoms with Crippen LogP contribution in [0.4, 0.5) is 5.69 Å². The molecular formula is C62H47N5. The van der Waals surface area contributed by atoms with Crippen molar-refractivity contribution in [1.29, 1.82) is 0 Å². The van der Waals surface area contributed by atoms with Crippen LogP contribution in [-0.2, 0) is 5.41 Å². The smallest absolute Gasteiger partial charge is 0.188 e. The molecule has 0 saturated heterocycles. The Morgan fingerprint density at radius 2 is 0.970 bits per heavy atom. The van der Waals surface area contributed by atoms with Crippen LogP contribution in [0.15, 0.2) is 206 Å². The third-order valence-corrected chi connectivity index (χ3v) is 12.9. The van der Waals surface area contributed by atoms with Crippen LogP contribution in [0.5, 0.6) is 0 Å². The molecule has 67 heavy (non-hydrogen) atoms. The van der Waals surface area contributed by atoms with E-state index in [2.05, 4.69) is 206 Å². The van der Waals surface area contributed by atoms with Crippen molar-refractivity contribution in [3.05, 3.63) is 229 Å². The molecule has 5 nitrogen and oxygen atoms in total. The first kappa shape index (κ1) is 41.3. The Labute approximate surface area is 392 Å². The summed E-state index contributed by atoms with van der Waals surface area (Å²) in [5.41, 5.74) is 16.5. The van der Waals surface area contributed by atoms with Gasteiger partial charge in [0.25, 0.3) is 0 Å². The predicted octanol–water partition coefficient (Wildman–Crippen LogP) is 16.6. The normalized spacial score (nSPS) is 12.6. The fraction of sp³-hybridized carbons (Fsp3) is 0.0968. The van der Waals surface area contributed by atoms with Crippen molar-refractivity contribution in [3.63, 3.8) is 0 Å². The third-order valence-electron chi connectivity index (χ3n) is 12.9. The maximum absolute atomic E-state index is 7.98. The van der Waals surface area contributed by atoms with Gasteiger partial charge in [0.05, 0.1) is 23.3 Å². The van der Waals surface area contributed by atoms with Crippen LogP contribution in [0.3, 0.4) is 0 Å². The standard InChI is InChI=1S/C62H47N5/c1-62(2,3)50-30-32-56-54(39-50)55-40-51(63-4)31-33-57(55)67(56)58-52(43-24-14-7-15-25-43)37-49(38-53(58)44-26-16-8-17-27-44)61-65-59(45-28-18-9-19-29-45)64-60(66-61)48-35-46(41-20-10-5-11-21-41)34-47(36-48)42-22-12-6-13-23-42/h5-12,14-22,24-40H,13,23H2,1-3H3. The molecule has 1 aliphatic rings. The second-order valence-electron chi connectivity index (χ2n) is 18.3. The molecule has 0 spiro atoms. The second kappa shape index (κ2) is 17.2. The molecule has 0 atom stereocenters. The van der Waals surface area contributed by atoms with Crippen molar-refractivity contribution in [2.45, 2.75) is 39.0 Å². The Kier molecular flexibility index (Phi) is 10.6. The Bertz CT molecular complexity index is 3530. The first-order valence-corrected chi connectivity index (χ1v) is 22.9. The Hall–Kier alpha value is -8.46. The van der Waals surface area contributed by atoms with E-state index in [9.17, 15) is 0 Å². The summed E-state index contributed by atoms with van der Waals surface area (Å²) in [6.07, 6.45) is 8.58. The minimum absolute atomic E-state index is 0.0665. The lowest BCUT2D eigenvalue weighted by atomic mass is 9.86. The Balaban J connectivity index is 1.22. The number of hydrogen-bond donors (Lipinski definition) is 0. The van der Waals surface area contributed by atoms with Crippen LogP contribution in [0.25, 0.3) is 105 Å². The molecule has 0 radical (unpaired) electrons. The van der Waals surface area contributed by atoms with E-state index in [1.54, 1.807) is 0 Å². The van der Waals surface area contributed by atoms with Gasteiger partial charge in [0.2, 0.25) is 0 Å². The lowest BCUT2D eigenvalue weighted by Crippen LogP contribution is -2.10. The minimum Gasteiger partial charge on any atom is -0.308 e. The van der Waals surface area contributed by atoms with Gasteiger partial charge in [-0.1, -0.05) is 172 Å². The van der Waals surface area contributed by atoms with Crippen LogP contribution in [0.2, 0.25) is 0 Å². The molecule has 0 unspecified atom stereocenters. The van der Waals surface area contributed by atoms with Crippen molar-refractivity contribution >= 4 is 33.1 Å². The Morgan fingerprint density at radius 3 is 1.52 bits per heavy atom. The second-order valence-corrected chi connectivity index (χ2v) is 18.3. The zero-order valence-electron chi connectivity index (χ0n) is 37.8. The number of allylic oxidation sites excluding steroid dienone is 4. The van der Waals surface area contributed by atoms with E-state index in [1.807, 2.05) is 30.3 Å². The van der Waals surface area contributed by atoms with Gasteiger partial charge in [-0.15, -0.1) is 0 Å². The van der Waals surface area contributed by atoms with Crippen LogP contribution in [-0.4, -0.2) is 19.5 Å². The largest absolute Gasteiger partial charge is 0.308 e. The quantitative estimate of drug-likeness (QED) is 0.143. The summed E-state index contributed by atoms with van der Waals surface area (Å²) in [5.74, 6) is 1.79. The average molecular weight is 862 g/mol. The molecule has 1 aliphatic carbocycles. The van der Waals surface area contributed by atoms with Crippen LogP contribution >= 0.6 is 0 Å². The summed E-state index contributed by atoms with van der Waals surface area (Å²) in [6.45, 7) is 14.7. The van der Waals surface area contributed by atoms with E-state index in [1.165, 1.54) is 11.1 Å². The molecule has 11 rings (SSSR count). The summed E-state index contributed by atoms with van der Waals surface area (Å²) in [6, 6.07) is 66.2. The third kappa shape index (κ3) is 7.94. The van der Waals surface area contributed by atoms with E-state index in [0.717, 1.165) is 96.0 Å². The van der Waals surface area contributed by atoms with Crippen molar-refractivity contribution in [1.82, 2.24) is 19.5 Å². The number of nitrogens with zero attached hydrogens (tertiary/aromatic N) is 5. The van der Waals surface area contributed by atoms with Gasteiger partial charge in [-0.2, -0.15) is 0 Å². The molecule has 10 aromatic rings. The molecule has 5 heteroatoms. The zero-order valence-corrected chi connectivity index (χ0v) is 37.8. The van der Waals surface area contributed by atoms with Crippen LogP contribution in [0, 0.1) is 6.57 Å². The highest BCUT2D eigenvalue weighted by molar-refractivity contribution is 6.12. The number of aromatic nitrogens is 4. The molecule has 2 heterocycles. The average Bonchev–Trinajstić information content (AvgIpc) is 3.71. The van der Waals surface area contributed by atoms with E-state index in [4.69, 9.17) is 21.5 Å². The van der Waals surface area contributed by atoms with Gasteiger partial charge >= 0.3 is 0 Å². The van der Waals surface area contributed by atoms with Crippen molar-refractivity contribution in [2.24, 2.45) is 0 Å². The molecule has 2 aromatic heterocycles. The first-order valence-electron chi connectivity index (χ1n) is 22.9. The van der Waals surface area contributed by atoms with E-state index >= 15 is 0 Å². The van der Waals surface area contributed by atoms with Crippen molar-refractivity contribution < 1.29 is 0 Å². The SMILES string of the molecule is [C-]#[N+]c1ccc2c(c1)c1cc(C(C)(C)C)ccc1n2-c1c(-c2ccccc2)cc(-c2nc(-c3ccccc3)nc(-c3cc(C4=CC=CCC4)cc(-c4ccccc4)c3)n2)cc1-c1ccccc1. The fourth-order valence-corrected chi connectivity index (χ4v) is 9.40. The van der Waals surface area contributed by atoms with Crippen LogP contribution < -0.4 is 0 Å². The molecule has 0 aliphatic heterocycles. The summed E-state index contributed by atoms with van der Waals surface area (Å²) >= 11 is 0. The molecule has 8 aromatic carbocycles. The Morgan fingerprint density at radius 1 is 0.478 bits per heavy atom. The van der Waals surface area contributed by atoms with Gasteiger partial charge in [0.15, 0.2) is 23.2 Å². The number of benzene rings is 8. The lowest BCUT2D eigenvalue weighted by molar-refractivity contribution is 0.591. The highest BCUT2D eigenvalue weighted by atomic mass is 15.0. The summed E-state index contributed by atoms with van der Waals surface area (Å²) in [5, 5.41) is 2.16. The molecule has 320 valence electrons. The zero-order chi connectivity index (χ0) is 45.5. The first-order chi connectivity index (χ1) is 32.8. The monoisotopic (exact) mass is 861 g/mol. The van der Waals surface area contributed by atoms with Gasteiger partial charge in [-0.25, -0.2) is 19.8 Å². The van der Waals surface area contributed by atoms with Gasteiger partial charge in [0.1, 0.15) is 0 Å². The number of rotatable bonds is 8. The minimum atomic E-state index is -0.0665. The summed E-state index contributed by atoms with van der Waals surface area (Å²) < 4.78 is 2.40. The molecule has 0 saturated carbocycles. The molecule has 0 amide bonds. The number of hydrogen-bond acceptors (Lipinski definition) is 3. The van der Waals surface area contributed by atoms with Gasteiger partial charge < -0.3 is 4.57 Å². The van der Waals surface area contributed by atoms with Gasteiger partial charge in [-0.05, 0) is 117 Å². The highest BCUT2D eigenvalue weighted by Crippen LogP contribution is 2.45. The molecule has 0 N–H and O–H groups in total. The maximum atomic E-state index is 7.98. The fourth-order valence-electron chi connectivity index (χ4n) is 9.40. The predicted molar refractivity (Wildman–Crippen MR) is 278 cm³/mol. The topological polar surface area (TPSA) is 48.0 Å². The van der Waals surface area contributed by atoms with Crippen LogP contribution in [0.1, 0.15) is 44.7 Å². The van der Waals surface area contributed by atoms with E-state index in [-0.39, 0.29) is 5.41 Å². The van der Waals surface area contributed by atoms with E-state index in [0.29, 0.717) is 23.2 Å². The molecule has 0 bridgehead atoms. The summed E-state index contributed by atoms with van der Waals surface area (Å²) in [4.78, 5) is 19.9. The molecular weight excluding hydrogens is 815 g/mol. The maximum Gasteiger partial charge on any atom is 0.188 e. The van der Waals surface area contributed by atoms with Crippen molar-refractivity contribution in [3.8, 4) is 73.2 Å². The molecule has 0 fully saturated rings. The summed E-state index contributed by atoms with van der Waals surface area (Å²) in [7, 11) is 0. The lowest BCUT2D eigenvalue weighted by Gasteiger charge is -2.22. The van der Waals surface area contributed by atoms with E-state index < -0.39 is 0 Å². The van der Waals surface area contributed by atoms with Gasteiger partial charge in [0, 0.05) is 33.2 Å². The number of fused-ring (bicyclic) bond motifs is 3. The van der Waals surface area contributed by atoms with Gasteiger partial charge in [-0.3, -0.25) is 0 Å². The van der Waals surface area contributed by atoms with Crippen molar-refractivity contribution in [2.75, 3.05) is 0 Å².